The van der Waals surface area contributed by atoms with Crippen molar-refractivity contribution >= 4 is 5.95 Å². The zero-order valence-electron chi connectivity index (χ0n) is 11.8. The molecule has 5 nitrogen and oxygen atoms in total. The summed E-state index contributed by atoms with van der Waals surface area (Å²) in [5.41, 5.74) is 0. The van der Waals surface area contributed by atoms with E-state index in [9.17, 15) is 0 Å². The molecule has 0 saturated carbocycles. The molecule has 0 atom stereocenters. The minimum Gasteiger partial charge on any atom is -0.478 e. The number of hydrogen-bond acceptors (Lipinski definition) is 5. The Balaban J connectivity index is 1.73. The number of ether oxygens (including phenoxy) is 1. The van der Waals surface area contributed by atoms with Gasteiger partial charge in [-0.05, 0) is 32.9 Å². The van der Waals surface area contributed by atoms with Crippen molar-refractivity contribution in [3.8, 4) is 5.88 Å². The molecule has 1 aliphatic rings. The summed E-state index contributed by atoms with van der Waals surface area (Å²) in [6, 6.07) is 1.78. The van der Waals surface area contributed by atoms with Crippen LogP contribution in [0.2, 0.25) is 0 Å². The quantitative estimate of drug-likeness (QED) is 0.853. The highest BCUT2D eigenvalue weighted by atomic mass is 16.5. The third-order valence-electron chi connectivity index (χ3n) is 3.33. The van der Waals surface area contributed by atoms with E-state index in [1.165, 1.54) is 38.8 Å². The topological polar surface area (TPSA) is 50.3 Å². The van der Waals surface area contributed by atoms with Crippen LogP contribution in [0, 0.1) is 0 Å². The van der Waals surface area contributed by atoms with Crippen molar-refractivity contribution < 1.29 is 4.74 Å². The first-order valence-corrected chi connectivity index (χ1v) is 7.30. The van der Waals surface area contributed by atoms with Gasteiger partial charge in [0.25, 0.3) is 0 Å². The molecule has 1 fully saturated rings. The molecule has 106 valence electrons. The molecule has 0 aromatic carbocycles. The zero-order valence-corrected chi connectivity index (χ0v) is 11.8. The average molecular weight is 264 g/mol. The lowest BCUT2D eigenvalue weighted by atomic mass is 10.2. The van der Waals surface area contributed by atoms with Crippen molar-refractivity contribution in [2.75, 3.05) is 38.1 Å². The SMILES string of the molecule is CCOc1ccnc(NCCN2CCCCCC2)n1. The van der Waals surface area contributed by atoms with Crippen LogP contribution in [0.3, 0.4) is 0 Å². The summed E-state index contributed by atoms with van der Waals surface area (Å²) >= 11 is 0. The van der Waals surface area contributed by atoms with Crippen LogP contribution in [0.1, 0.15) is 32.6 Å². The molecule has 2 rings (SSSR count). The van der Waals surface area contributed by atoms with E-state index < -0.39 is 0 Å². The first-order valence-electron chi connectivity index (χ1n) is 7.30. The lowest BCUT2D eigenvalue weighted by Gasteiger charge is -2.19. The number of nitrogens with zero attached hydrogens (tertiary/aromatic N) is 3. The first-order chi connectivity index (χ1) is 9.38. The van der Waals surface area contributed by atoms with Gasteiger partial charge in [0, 0.05) is 25.4 Å². The summed E-state index contributed by atoms with van der Waals surface area (Å²) in [7, 11) is 0. The van der Waals surface area contributed by atoms with E-state index in [0.29, 0.717) is 18.4 Å². The molecule has 0 amide bonds. The van der Waals surface area contributed by atoms with Gasteiger partial charge in [-0.25, -0.2) is 4.98 Å². The van der Waals surface area contributed by atoms with Gasteiger partial charge in [0.1, 0.15) is 0 Å². The van der Waals surface area contributed by atoms with E-state index in [0.717, 1.165) is 13.1 Å². The van der Waals surface area contributed by atoms with Crippen molar-refractivity contribution in [2.24, 2.45) is 0 Å². The Hall–Kier alpha value is -1.36. The van der Waals surface area contributed by atoms with E-state index in [1.54, 1.807) is 12.3 Å². The fourth-order valence-corrected chi connectivity index (χ4v) is 2.34. The highest BCUT2D eigenvalue weighted by molar-refractivity contribution is 5.27. The molecular formula is C14H24N4O. The number of anilines is 1. The molecule has 0 spiro atoms. The van der Waals surface area contributed by atoms with Crippen molar-refractivity contribution in [2.45, 2.75) is 32.6 Å². The average Bonchev–Trinajstić information content (AvgIpc) is 2.68. The lowest BCUT2D eigenvalue weighted by molar-refractivity contribution is 0.296. The summed E-state index contributed by atoms with van der Waals surface area (Å²) in [5.74, 6) is 1.29. The fourth-order valence-electron chi connectivity index (χ4n) is 2.34. The normalized spacial score (nSPS) is 16.9. The Labute approximate surface area is 115 Å². The number of aromatic nitrogens is 2. The van der Waals surface area contributed by atoms with Crippen LogP contribution in [0.25, 0.3) is 0 Å². The standard InChI is InChI=1S/C14H24N4O/c1-2-19-13-7-8-15-14(17-13)16-9-12-18-10-5-3-4-6-11-18/h7-8H,2-6,9-12H2,1H3,(H,15,16,17). The predicted molar refractivity (Wildman–Crippen MR) is 76.6 cm³/mol. The third kappa shape index (κ3) is 5.03. The molecule has 1 N–H and O–H groups in total. The molecule has 0 radical (unpaired) electrons. The molecule has 1 saturated heterocycles. The van der Waals surface area contributed by atoms with Gasteiger partial charge in [-0.3, -0.25) is 0 Å². The van der Waals surface area contributed by atoms with Gasteiger partial charge in [-0.1, -0.05) is 12.8 Å². The molecule has 1 aliphatic heterocycles. The minimum absolute atomic E-state index is 0.629. The van der Waals surface area contributed by atoms with Gasteiger partial charge in [0.05, 0.1) is 6.61 Å². The van der Waals surface area contributed by atoms with Crippen LogP contribution in [-0.4, -0.2) is 47.7 Å². The summed E-state index contributed by atoms with van der Waals surface area (Å²) in [5, 5.41) is 3.27. The second kappa shape index (κ2) is 7.94. The van der Waals surface area contributed by atoms with Crippen LogP contribution in [0.15, 0.2) is 12.3 Å². The lowest BCUT2D eigenvalue weighted by Crippen LogP contribution is -2.30. The van der Waals surface area contributed by atoms with Gasteiger partial charge in [0.15, 0.2) is 0 Å². The van der Waals surface area contributed by atoms with Gasteiger partial charge < -0.3 is 15.0 Å². The van der Waals surface area contributed by atoms with Crippen LogP contribution in [0.4, 0.5) is 5.95 Å². The van der Waals surface area contributed by atoms with Crippen molar-refractivity contribution in [1.29, 1.82) is 0 Å². The maximum atomic E-state index is 5.36. The molecule has 0 bridgehead atoms. The molecular weight excluding hydrogens is 240 g/mol. The molecule has 5 heteroatoms. The Morgan fingerprint density at radius 2 is 2.05 bits per heavy atom. The first kappa shape index (κ1) is 14.1. The largest absolute Gasteiger partial charge is 0.478 e. The zero-order chi connectivity index (χ0) is 13.3. The van der Waals surface area contributed by atoms with E-state index >= 15 is 0 Å². The van der Waals surface area contributed by atoms with E-state index in [1.807, 2.05) is 6.92 Å². The van der Waals surface area contributed by atoms with Crippen LogP contribution in [-0.2, 0) is 0 Å². The molecule has 0 aliphatic carbocycles. The van der Waals surface area contributed by atoms with Gasteiger partial charge in [0.2, 0.25) is 11.8 Å². The molecule has 1 aromatic rings. The monoisotopic (exact) mass is 264 g/mol. The van der Waals surface area contributed by atoms with E-state index in [4.69, 9.17) is 4.74 Å². The summed E-state index contributed by atoms with van der Waals surface area (Å²) in [6.45, 7) is 6.97. The Kier molecular flexibility index (Phi) is 5.88. The summed E-state index contributed by atoms with van der Waals surface area (Å²) in [4.78, 5) is 11.0. The number of rotatable bonds is 6. The molecule has 1 aromatic heterocycles. The Bertz CT molecular complexity index is 364. The minimum atomic E-state index is 0.629. The molecule has 19 heavy (non-hydrogen) atoms. The van der Waals surface area contributed by atoms with Crippen molar-refractivity contribution in [1.82, 2.24) is 14.9 Å². The van der Waals surface area contributed by atoms with Crippen LogP contribution < -0.4 is 10.1 Å². The predicted octanol–water partition coefficient (Wildman–Crippen LogP) is 2.16. The molecule has 0 unspecified atom stereocenters. The Morgan fingerprint density at radius 1 is 1.26 bits per heavy atom. The van der Waals surface area contributed by atoms with Gasteiger partial charge in [-0.15, -0.1) is 0 Å². The third-order valence-corrected chi connectivity index (χ3v) is 3.33. The van der Waals surface area contributed by atoms with Gasteiger partial charge in [-0.2, -0.15) is 4.98 Å². The highest BCUT2D eigenvalue weighted by Crippen LogP contribution is 2.10. The van der Waals surface area contributed by atoms with Crippen molar-refractivity contribution in [3.05, 3.63) is 12.3 Å². The number of likely N-dealkylation sites (tertiary alicyclic amines) is 1. The van der Waals surface area contributed by atoms with Crippen LogP contribution >= 0.6 is 0 Å². The smallest absolute Gasteiger partial charge is 0.225 e. The van der Waals surface area contributed by atoms with E-state index in [-0.39, 0.29) is 0 Å². The fraction of sp³-hybridized carbons (Fsp3) is 0.714. The van der Waals surface area contributed by atoms with Crippen molar-refractivity contribution in [3.63, 3.8) is 0 Å². The maximum Gasteiger partial charge on any atom is 0.225 e. The molecule has 2 heterocycles. The maximum absolute atomic E-state index is 5.36. The number of nitrogens with one attached hydrogen (secondary N) is 1. The second-order valence-electron chi connectivity index (χ2n) is 4.83. The van der Waals surface area contributed by atoms with E-state index in [2.05, 4.69) is 20.2 Å². The summed E-state index contributed by atoms with van der Waals surface area (Å²) < 4.78 is 5.36. The van der Waals surface area contributed by atoms with Gasteiger partial charge >= 0.3 is 0 Å². The summed E-state index contributed by atoms with van der Waals surface area (Å²) in [6.07, 6.45) is 7.14. The second-order valence-corrected chi connectivity index (χ2v) is 4.83. The Morgan fingerprint density at radius 3 is 2.79 bits per heavy atom. The number of hydrogen-bond donors (Lipinski definition) is 1. The highest BCUT2D eigenvalue weighted by Gasteiger charge is 2.08. The van der Waals surface area contributed by atoms with Crippen LogP contribution in [0.5, 0.6) is 5.88 Å².